The van der Waals surface area contributed by atoms with Gasteiger partial charge in [0.1, 0.15) is 17.3 Å². The zero-order chi connectivity index (χ0) is 23.3. The van der Waals surface area contributed by atoms with E-state index in [4.69, 9.17) is 9.47 Å². The number of amides is 1. The summed E-state index contributed by atoms with van der Waals surface area (Å²) in [4.78, 5) is 27.0. The summed E-state index contributed by atoms with van der Waals surface area (Å²) in [5, 5.41) is 11.0. The van der Waals surface area contributed by atoms with Crippen molar-refractivity contribution in [1.82, 2.24) is 4.90 Å². The minimum atomic E-state index is -1.05. The summed E-state index contributed by atoms with van der Waals surface area (Å²) in [5.41, 5.74) is 0.333. The number of carbonyl (C=O) groups excluding carboxylic acids is 2. The predicted octanol–water partition coefficient (Wildman–Crippen LogP) is 4.46. The molecule has 1 fully saturated rings. The second-order valence-electron chi connectivity index (χ2n) is 7.81. The van der Waals surface area contributed by atoms with Gasteiger partial charge in [-0.3, -0.25) is 9.59 Å². The number of hydrogen-bond donors (Lipinski definition) is 1. The second kappa shape index (κ2) is 10.4. The Balaban J connectivity index is 2.03. The third-order valence-corrected chi connectivity index (χ3v) is 5.12. The van der Waals surface area contributed by atoms with Gasteiger partial charge in [-0.25, -0.2) is 4.39 Å². The first kappa shape index (κ1) is 23.5. The monoisotopic (exact) mass is 441 g/mol. The van der Waals surface area contributed by atoms with Gasteiger partial charge < -0.3 is 19.5 Å². The third kappa shape index (κ3) is 4.99. The number of nitrogens with zero attached hydrogens (tertiary/aromatic N) is 1. The van der Waals surface area contributed by atoms with E-state index in [-0.39, 0.29) is 36.2 Å². The van der Waals surface area contributed by atoms with Gasteiger partial charge in [0.25, 0.3) is 11.7 Å². The van der Waals surface area contributed by atoms with E-state index in [9.17, 15) is 19.1 Å². The van der Waals surface area contributed by atoms with E-state index in [2.05, 4.69) is 0 Å². The van der Waals surface area contributed by atoms with Crippen LogP contribution in [-0.4, -0.2) is 47.6 Å². The van der Waals surface area contributed by atoms with Gasteiger partial charge in [0.05, 0.1) is 30.9 Å². The van der Waals surface area contributed by atoms with E-state index >= 15 is 0 Å². The SMILES string of the molecule is CCCOc1ccc(/C(O)=C2/C(=O)C(=O)N(CCOC(C)C)C2c2ccccc2F)cc1. The topological polar surface area (TPSA) is 76.1 Å². The minimum absolute atomic E-state index is 0.0628. The van der Waals surface area contributed by atoms with Crippen molar-refractivity contribution in [2.24, 2.45) is 0 Å². The summed E-state index contributed by atoms with van der Waals surface area (Å²) >= 11 is 0. The van der Waals surface area contributed by atoms with E-state index in [0.29, 0.717) is 17.9 Å². The van der Waals surface area contributed by atoms with Crippen molar-refractivity contribution in [3.63, 3.8) is 0 Å². The van der Waals surface area contributed by atoms with Crippen LogP contribution in [0.1, 0.15) is 44.4 Å². The first-order chi connectivity index (χ1) is 15.3. The molecule has 0 saturated carbocycles. The number of rotatable bonds is 9. The van der Waals surface area contributed by atoms with Crippen LogP contribution in [0.4, 0.5) is 4.39 Å². The maximum atomic E-state index is 14.7. The predicted molar refractivity (Wildman–Crippen MR) is 119 cm³/mol. The molecule has 1 unspecified atom stereocenters. The number of hydrogen-bond acceptors (Lipinski definition) is 5. The number of aliphatic hydroxyl groups excluding tert-OH is 1. The maximum absolute atomic E-state index is 14.7. The normalized spacial score (nSPS) is 17.9. The Labute approximate surface area is 187 Å². The fourth-order valence-corrected chi connectivity index (χ4v) is 3.60. The van der Waals surface area contributed by atoms with Crippen LogP contribution in [0.5, 0.6) is 5.75 Å². The van der Waals surface area contributed by atoms with E-state index in [1.807, 2.05) is 20.8 Å². The highest BCUT2D eigenvalue weighted by atomic mass is 19.1. The minimum Gasteiger partial charge on any atom is -0.507 e. The van der Waals surface area contributed by atoms with E-state index in [1.54, 1.807) is 30.3 Å². The van der Waals surface area contributed by atoms with Gasteiger partial charge in [-0.1, -0.05) is 25.1 Å². The number of aliphatic hydroxyl groups is 1. The number of likely N-dealkylation sites (tertiary alicyclic amines) is 1. The molecule has 1 N–H and O–H groups in total. The average Bonchev–Trinajstić information content (AvgIpc) is 3.02. The Morgan fingerprint density at radius 3 is 2.41 bits per heavy atom. The van der Waals surface area contributed by atoms with Gasteiger partial charge in [0.15, 0.2) is 0 Å². The Hall–Kier alpha value is -3.19. The van der Waals surface area contributed by atoms with Crippen molar-refractivity contribution in [1.29, 1.82) is 0 Å². The molecule has 1 atom stereocenters. The number of Topliss-reactive ketones (excluding diaryl/α,β-unsaturated/α-hetero) is 1. The molecule has 0 aromatic heterocycles. The molecule has 2 aromatic rings. The molecule has 0 bridgehead atoms. The molecule has 1 aliphatic rings. The van der Waals surface area contributed by atoms with Crippen molar-refractivity contribution < 1.29 is 28.6 Å². The Kier molecular flexibility index (Phi) is 7.64. The molecular weight excluding hydrogens is 413 g/mol. The molecule has 1 saturated heterocycles. The maximum Gasteiger partial charge on any atom is 0.295 e. The molecule has 7 heteroatoms. The van der Waals surface area contributed by atoms with Crippen molar-refractivity contribution in [2.75, 3.05) is 19.8 Å². The molecule has 3 rings (SSSR count). The number of ether oxygens (including phenoxy) is 2. The molecule has 0 spiro atoms. The van der Waals surface area contributed by atoms with Crippen LogP contribution in [0, 0.1) is 5.82 Å². The fraction of sp³-hybridized carbons (Fsp3) is 0.360. The van der Waals surface area contributed by atoms with E-state index in [0.717, 1.165) is 6.42 Å². The van der Waals surface area contributed by atoms with Gasteiger partial charge in [0.2, 0.25) is 0 Å². The molecule has 0 radical (unpaired) electrons. The highest BCUT2D eigenvalue weighted by Crippen LogP contribution is 2.40. The number of carbonyl (C=O) groups is 2. The molecule has 1 amide bonds. The van der Waals surface area contributed by atoms with Crippen LogP contribution in [-0.2, 0) is 14.3 Å². The summed E-state index contributed by atoms with van der Waals surface area (Å²) in [5.74, 6) is -1.95. The van der Waals surface area contributed by atoms with Crippen molar-refractivity contribution >= 4 is 17.4 Å². The molecule has 6 nitrogen and oxygen atoms in total. The van der Waals surface area contributed by atoms with Gasteiger partial charge in [0, 0.05) is 17.7 Å². The van der Waals surface area contributed by atoms with Gasteiger partial charge in [-0.05, 0) is 50.6 Å². The highest BCUT2D eigenvalue weighted by Gasteiger charge is 2.46. The summed E-state index contributed by atoms with van der Waals surface area (Å²) in [7, 11) is 0. The molecule has 1 aliphatic heterocycles. The van der Waals surface area contributed by atoms with Crippen molar-refractivity contribution in [3.05, 3.63) is 71.0 Å². The van der Waals surface area contributed by atoms with Crippen LogP contribution in [0.3, 0.4) is 0 Å². The lowest BCUT2D eigenvalue weighted by Crippen LogP contribution is -2.33. The lowest BCUT2D eigenvalue weighted by atomic mass is 9.95. The van der Waals surface area contributed by atoms with Crippen molar-refractivity contribution in [3.8, 4) is 5.75 Å². The quantitative estimate of drug-likeness (QED) is 0.353. The number of benzene rings is 2. The van der Waals surface area contributed by atoms with Crippen molar-refractivity contribution in [2.45, 2.75) is 39.3 Å². The van der Waals surface area contributed by atoms with E-state index < -0.39 is 23.5 Å². The lowest BCUT2D eigenvalue weighted by molar-refractivity contribution is -0.140. The van der Waals surface area contributed by atoms with Crippen LogP contribution in [0.15, 0.2) is 54.1 Å². The Bertz CT molecular complexity index is 1000. The number of ketones is 1. The molecule has 0 aliphatic carbocycles. The summed E-state index contributed by atoms with van der Waals surface area (Å²) in [6.07, 6.45) is 0.793. The van der Waals surface area contributed by atoms with E-state index in [1.165, 1.54) is 23.1 Å². The summed E-state index contributed by atoms with van der Waals surface area (Å²) in [6.45, 7) is 6.53. The standard InChI is InChI=1S/C25H28FNO5/c1-4-14-32-18-11-9-17(10-12-18)23(28)21-22(19-7-5-6-8-20(19)26)27(25(30)24(21)29)13-15-31-16(2)3/h5-12,16,22,28H,4,13-15H2,1-3H3/b23-21-. The molecule has 32 heavy (non-hydrogen) atoms. The molecule has 2 aromatic carbocycles. The average molecular weight is 441 g/mol. The Morgan fingerprint density at radius 1 is 1.09 bits per heavy atom. The lowest BCUT2D eigenvalue weighted by Gasteiger charge is -2.26. The Morgan fingerprint density at radius 2 is 1.78 bits per heavy atom. The van der Waals surface area contributed by atoms with Crippen LogP contribution >= 0.6 is 0 Å². The first-order valence-corrected chi connectivity index (χ1v) is 10.7. The second-order valence-corrected chi connectivity index (χ2v) is 7.81. The number of halogens is 1. The smallest absolute Gasteiger partial charge is 0.295 e. The summed E-state index contributed by atoms with van der Waals surface area (Å²) < 4.78 is 25.8. The van der Waals surface area contributed by atoms with Crippen LogP contribution in [0.2, 0.25) is 0 Å². The van der Waals surface area contributed by atoms with Gasteiger partial charge >= 0.3 is 0 Å². The zero-order valence-corrected chi connectivity index (χ0v) is 18.5. The first-order valence-electron chi connectivity index (χ1n) is 10.7. The summed E-state index contributed by atoms with van der Waals surface area (Å²) in [6, 6.07) is 11.4. The largest absolute Gasteiger partial charge is 0.507 e. The molecular formula is C25H28FNO5. The highest BCUT2D eigenvalue weighted by molar-refractivity contribution is 6.46. The van der Waals surface area contributed by atoms with Gasteiger partial charge in [-0.15, -0.1) is 0 Å². The van der Waals surface area contributed by atoms with Crippen LogP contribution in [0.25, 0.3) is 5.76 Å². The van der Waals surface area contributed by atoms with Crippen LogP contribution < -0.4 is 4.74 Å². The molecule has 1 heterocycles. The molecule has 170 valence electrons. The fourth-order valence-electron chi connectivity index (χ4n) is 3.60. The van der Waals surface area contributed by atoms with Gasteiger partial charge in [-0.2, -0.15) is 0 Å². The third-order valence-electron chi connectivity index (χ3n) is 5.12. The zero-order valence-electron chi connectivity index (χ0n) is 18.5.